The summed E-state index contributed by atoms with van der Waals surface area (Å²) in [6.45, 7) is 2.04. The second-order valence-corrected chi connectivity index (χ2v) is 6.36. The molecule has 0 spiro atoms. The first-order valence-electron chi connectivity index (χ1n) is 8.17. The average molecular weight is 317 g/mol. The van der Waals surface area contributed by atoms with Crippen molar-refractivity contribution in [3.05, 3.63) is 30.3 Å². The molecular formula is C17H20FN3O2. The molecule has 1 aromatic carbocycles. The lowest BCUT2D eigenvalue weighted by Gasteiger charge is -2.37. The minimum atomic E-state index is -0.348. The number of benzene rings is 1. The number of nitrogens with zero attached hydrogens (tertiary/aromatic N) is 3. The molecule has 0 unspecified atom stereocenters. The lowest BCUT2D eigenvalue weighted by molar-refractivity contribution is -0.0438. The minimum absolute atomic E-state index is 0.0739. The number of ether oxygens (including phenoxy) is 1. The summed E-state index contributed by atoms with van der Waals surface area (Å²) >= 11 is 0. The lowest BCUT2D eigenvalue weighted by Crippen LogP contribution is -2.46. The van der Waals surface area contributed by atoms with Crippen LogP contribution in [0.25, 0.3) is 10.9 Å². The molecule has 3 heterocycles. The van der Waals surface area contributed by atoms with Crippen LogP contribution in [0.4, 0.5) is 10.2 Å². The van der Waals surface area contributed by atoms with Crippen molar-refractivity contribution in [3.8, 4) is 0 Å². The fourth-order valence-electron chi connectivity index (χ4n) is 3.86. The van der Waals surface area contributed by atoms with Crippen molar-refractivity contribution in [1.82, 2.24) is 9.97 Å². The van der Waals surface area contributed by atoms with E-state index in [9.17, 15) is 9.50 Å². The highest BCUT2D eigenvalue weighted by Crippen LogP contribution is 2.35. The van der Waals surface area contributed by atoms with Crippen molar-refractivity contribution < 1.29 is 14.2 Å². The number of anilines is 1. The highest BCUT2D eigenvalue weighted by molar-refractivity contribution is 5.89. The third-order valence-corrected chi connectivity index (χ3v) is 5.00. The topological polar surface area (TPSA) is 58.5 Å². The molecule has 1 N–H and O–H groups in total. The Balaban J connectivity index is 1.73. The van der Waals surface area contributed by atoms with Crippen LogP contribution in [0, 0.1) is 11.7 Å². The fraction of sp³-hybridized carbons (Fsp3) is 0.529. The van der Waals surface area contributed by atoms with Gasteiger partial charge in [-0.2, -0.15) is 0 Å². The average Bonchev–Trinajstić information content (AvgIpc) is 3.04. The zero-order valence-electron chi connectivity index (χ0n) is 12.9. The molecule has 4 rings (SSSR count). The largest absolute Gasteiger partial charge is 0.393 e. The van der Waals surface area contributed by atoms with Crippen LogP contribution >= 0.6 is 0 Å². The van der Waals surface area contributed by atoms with E-state index in [1.807, 2.05) is 0 Å². The Bertz CT molecular complexity index is 711. The van der Waals surface area contributed by atoms with Gasteiger partial charge in [0.25, 0.3) is 0 Å². The van der Waals surface area contributed by atoms with E-state index in [-0.39, 0.29) is 23.9 Å². The van der Waals surface area contributed by atoms with Crippen LogP contribution in [-0.2, 0) is 4.74 Å². The highest BCUT2D eigenvalue weighted by Gasteiger charge is 2.38. The first kappa shape index (κ1) is 14.8. The van der Waals surface area contributed by atoms with Gasteiger partial charge in [0, 0.05) is 30.5 Å². The van der Waals surface area contributed by atoms with Crippen LogP contribution < -0.4 is 4.90 Å². The molecule has 6 heteroatoms. The van der Waals surface area contributed by atoms with Crippen LogP contribution in [0.1, 0.15) is 19.3 Å². The number of aliphatic hydroxyl groups excluding tert-OH is 1. The van der Waals surface area contributed by atoms with Gasteiger partial charge < -0.3 is 14.7 Å². The molecule has 2 fully saturated rings. The zero-order chi connectivity index (χ0) is 15.8. The number of hydrogen-bond acceptors (Lipinski definition) is 5. The third-order valence-electron chi connectivity index (χ3n) is 5.00. The maximum absolute atomic E-state index is 13.7. The number of halogens is 1. The van der Waals surface area contributed by atoms with Gasteiger partial charge in [0.2, 0.25) is 0 Å². The summed E-state index contributed by atoms with van der Waals surface area (Å²) in [4.78, 5) is 10.9. The van der Waals surface area contributed by atoms with Crippen LogP contribution in [0.15, 0.2) is 24.5 Å². The third kappa shape index (κ3) is 2.66. The Kier molecular flexibility index (Phi) is 3.87. The maximum atomic E-state index is 13.7. The molecular weight excluding hydrogens is 297 g/mol. The SMILES string of the molecule is O[C@@H]1CCOC[C@@H]1[C@@H]1CCCN1c1ncnc2ccc(F)cc12. The van der Waals surface area contributed by atoms with E-state index in [1.54, 1.807) is 6.07 Å². The van der Waals surface area contributed by atoms with Gasteiger partial charge in [-0.25, -0.2) is 14.4 Å². The van der Waals surface area contributed by atoms with E-state index in [0.29, 0.717) is 19.6 Å². The number of hydrogen-bond donors (Lipinski definition) is 1. The molecule has 5 nitrogen and oxygen atoms in total. The molecule has 0 radical (unpaired) electrons. The molecule has 3 atom stereocenters. The Labute approximate surface area is 134 Å². The predicted molar refractivity (Wildman–Crippen MR) is 84.8 cm³/mol. The van der Waals surface area contributed by atoms with E-state index in [0.717, 1.165) is 36.1 Å². The van der Waals surface area contributed by atoms with Gasteiger partial charge in [-0.1, -0.05) is 0 Å². The van der Waals surface area contributed by atoms with Gasteiger partial charge in [0.05, 0.1) is 18.2 Å². The van der Waals surface area contributed by atoms with E-state index >= 15 is 0 Å². The molecule has 122 valence electrons. The van der Waals surface area contributed by atoms with E-state index < -0.39 is 0 Å². The summed E-state index contributed by atoms with van der Waals surface area (Å²) in [5.41, 5.74) is 0.738. The standard InChI is InChI=1S/C17H20FN3O2/c18-11-3-4-14-12(8-11)17(20-10-19-14)21-6-1-2-15(21)13-9-23-7-5-16(13)22/h3-4,8,10,13,15-16,22H,1-2,5-7,9H2/t13-,15+,16-/m1/s1. The van der Waals surface area contributed by atoms with Crippen molar-refractivity contribution >= 4 is 16.7 Å². The smallest absolute Gasteiger partial charge is 0.140 e. The predicted octanol–water partition coefficient (Wildman–Crippen LogP) is 2.14. The highest BCUT2D eigenvalue weighted by atomic mass is 19.1. The van der Waals surface area contributed by atoms with Gasteiger partial charge in [-0.3, -0.25) is 0 Å². The zero-order valence-corrected chi connectivity index (χ0v) is 12.9. The minimum Gasteiger partial charge on any atom is -0.393 e. The summed E-state index contributed by atoms with van der Waals surface area (Å²) in [5.74, 6) is 0.546. The number of aromatic nitrogens is 2. The molecule has 1 aromatic heterocycles. The van der Waals surface area contributed by atoms with Gasteiger partial charge in [0.1, 0.15) is 18.0 Å². The molecule has 0 bridgehead atoms. The van der Waals surface area contributed by atoms with E-state index in [4.69, 9.17) is 4.74 Å². The van der Waals surface area contributed by atoms with Crippen LogP contribution in [0.2, 0.25) is 0 Å². The monoisotopic (exact) mass is 317 g/mol. The van der Waals surface area contributed by atoms with Crippen LogP contribution in [0.3, 0.4) is 0 Å². The first-order valence-corrected chi connectivity index (χ1v) is 8.17. The molecule has 0 amide bonds. The van der Waals surface area contributed by atoms with Crippen molar-refractivity contribution in [2.24, 2.45) is 5.92 Å². The Hall–Kier alpha value is -1.79. The number of rotatable bonds is 2. The molecule has 0 aliphatic carbocycles. The van der Waals surface area contributed by atoms with Crippen LogP contribution in [0.5, 0.6) is 0 Å². The van der Waals surface area contributed by atoms with Crippen LogP contribution in [-0.4, -0.2) is 47.0 Å². The van der Waals surface area contributed by atoms with Gasteiger partial charge in [-0.05, 0) is 37.5 Å². The van der Waals surface area contributed by atoms with Gasteiger partial charge >= 0.3 is 0 Å². The van der Waals surface area contributed by atoms with Crippen molar-refractivity contribution in [1.29, 1.82) is 0 Å². The lowest BCUT2D eigenvalue weighted by atomic mass is 9.89. The Morgan fingerprint density at radius 3 is 3.04 bits per heavy atom. The molecule has 0 saturated carbocycles. The fourth-order valence-corrected chi connectivity index (χ4v) is 3.86. The van der Waals surface area contributed by atoms with Gasteiger partial charge in [0.15, 0.2) is 0 Å². The second kappa shape index (κ2) is 6.02. The Morgan fingerprint density at radius 2 is 2.17 bits per heavy atom. The number of fused-ring (bicyclic) bond motifs is 1. The molecule has 2 aromatic rings. The molecule has 23 heavy (non-hydrogen) atoms. The van der Waals surface area contributed by atoms with Crippen molar-refractivity contribution in [3.63, 3.8) is 0 Å². The summed E-state index contributed by atoms with van der Waals surface area (Å²) in [7, 11) is 0. The second-order valence-electron chi connectivity index (χ2n) is 6.36. The summed E-state index contributed by atoms with van der Waals surface area (Å²) in [5, 5.41) is 11.1. The summed E-state index contributed by atoms with van der Waals surface area (Å²) in [6.07, 6.45) is 3.88. The first-order chi connectivity index (χ1) is 11.2. The van der Waals surface area contributed by atoms with E-state index in [1.165, 1.54) is 18.5 Å². The maximum Gasteiger partial charge on any atom is 0.140 e. The summed E-state index contributed by atoms with van der Waals surface area (Å²) in [6, 6.07) is 4.76. The normalized spacial score (nSPS) is 28.4. The Morgan fingerprint density at radius 1 is 1.26 bits per heavy atom. The quantitative estimate of drug-likeness (QED) is 0.919. The van der Waals surface area contributed by atoms with Crippen molar-refractivity contribution in [2.45, 2.75) is 31.4 Å². The molecule has 2 saturated heterocycles. The van der Waals surface area contributed by atoms with E-state index in [2.05, 4.69) is 14.9 Å². The molecule has 2 aliphatic heterocycles. The van der Waals surface area contributed by atoms with Crippen molar-refractivity contribution in [2.75, 3.05) is 24.7 Å². The molecule has 2 aliphatic rings. The summed E-state index contributed by atoms with van der Waals surface area (Å²) < 4.78 is 19.3. The van der Waals surface area contributed by atoms with Gasteiger partial charge in [-0.15, -0.1) is 0 Å². The number of aliphatic hydroxyl groups is 1.